The van der Waals surface area contributed by atoms with E-state index in [0.29, 0.717) is 0 Å². The predicted molar refractivity (Wildman–Crippen MR) is 66.1 cm³/mol. The van der Waals surface area contributed by atoms with Crippen LogP contribution < -0.4 is 11.1 Å². The van der Waals surface area contributed by atoms with Crippen LogP contribution >= 0.6 is 0 Å². The molecule has 3 N–H and O–H groups in total. The highest BCUT2D eigenvalue weighted by Crippen LogP contribution is 2.10. The minimum absolute atomic E-state index is 0.0879. The second kappa shape index (κ2) is 5.68. The number of aromatic nitrogens is 2. The van der Waals surface area contributed by atoms with Gasteiger partial charge in [0.15, 0.2) is 0 Å². The number of amides is 2. The summed E-state index contributed by atoms with van der Waals surface area (Å²) in [5, 5.41) is 9.26. The van der Waals surface area contributed by atoms with Gasteiger partial charge in [-0.15, -0.1) is 0 Å². The fraction of sp³-hybridized carbons (Fsp3) is 0.636. The van der Waals surface area contributed by atoms with E-state index in [0.717, 1.165) is 32.4 Å². The van der Waals surface area contributed by atoms with Gasteiger partial charge in [-0.25, -0.2) is 4.63 Å². The first kappa shape index (κ1) is 13.3. The summed E-state index contributed by atoms with van der Waals surface area (Å²) in [6.07, 6.45) is 3.16. The number of hydrogen-bond acceptors (Lipinski definition) is 6. The van der Waals surface area contributed by atoms with Crippen LogP contribution in [0.5, 0.6) is 0 Å². The van der Waals surface area contributed by atoms with Crippen LogP contribution in [0, 0.1) is 0 Å². The van der Waals surface area contributed by atoms with Crippen LogP contribution in [0.4, 0.5) is 5.82 Å². The van der Waals surface area contributed by atoms with Crippen LogP contribution in [-0.2, 0) is 4.79 Å². The van der Waals surface area contributed by atoms with Gasteiger partial charge in [0.05, 0.1) is 0 Å². The van der Waals surface area contributed by atoms with Crippen molar-refractivity contribution < 1.29 is 14.2 Å². The van der Waals surface area contributed by atoms with Crippen LogP contribution in [0.25, 0.3) is 0 Å². The molecule has 2 rings (SSSR count). The van der Waals surface area contributed by atoms with Gasteiger partial charge in [0.25, 0.3) is 5.91 Å². The molecule has 104 valence electrons. The zero-order valence-electron chi connectivity index (χ0n) is 10.8. The smallest absolute Gasteiger partial charge is 0.278 e. The van der Waals surface area contributed by atoms with Crippen molar-refractivity contribution in [1.82, 2.24) is 20.5 Å². The van der Waals surface area contributed by atoms with Gasteiger partial charge in [-0.05, 0) is 36.5 Å². The van der Waals surface area contributed by atoms with Crippen molar-refractivity contribution in [3.05, 3.63) is 5.69 Å². The Balaban J connectivity index is 1.93. The van der Waals surface area contributed by atoms with Crippen molar-refractivity contribution in [2.45, 2.75) is 32.2 Å². The first-order valence-corrected chi connectivity index (χ1v) is 6.27. The van der Waals surface area contributed by atoms with Gasteiger partial charge in [0, 0.05) is 13.1 Å². The summed E-state index contributed by atoms with van der Waals surface area (Å²) in [6, 6.07) is -0.623. The molecule has 0 aliphatic carbocycles. The van der Waals surface area contributed by atoms with Gasteiger partial charge in [-0.2, -0.15) is 0 Å². The summed E-state index contributed by atoms with van der Waals surface area (Å²) in [5.74, 6) is -0.741. The van der Waals surface area contributed by atoms with Crippen LogP contribution in [0.15, 0.2) is 4.63 Å². The summed E-state index contributed by atoms with van der Waals surface area (Å²) >= 11 is 0. The molecule has 8 heteroatoms. The van der Waals surface area contributed by atoms with Crippen molar-refractivity contribution >= 4 is 17.6 Å². The topological polar surface area (TPSA) is 114 Å². The number of carbonyl (C=O) groups excluding carboxylic acids is 2. The third kappa shape index (κ3) is 3.01. The van der Waals surface area contributed by atoms with Gasteiger partial charge in [-0.1, -0.05) is 0 Å². The first-order chi connectivity index (χ1) is 9.09. The van der Waals surface area contributed by atoms with E-state index in [9.17, 15) is 9.59 Å². The summed E-state index contributed by atoms with van der Waals surface area (Å²) in [7, 11) is 0. The maximum absolute atomic E-state index is 12.1. The van der Waals surface area contributed by atoms with Crippen molar-refractivity contribution in [2.24, 2.45) is 0 Å². The van der Waals surface area contributed by atoms with E-state index in [1.165, 1.54) is 0 Å². The summed E-state index contributed by atoms with van der Waals surface area (Å²) < 4.78 is 4.34. The monoisotopic (exact) mass is 267 g/mol. The number of hydrogen-bond donors (Lipinski definition) is 2. The Kier molecular flexibility index (Phi) is 3.98. The highest BCUT2D eigenvalue weighted by molar-refractivity contribution is 5.98. The number of nitrogens with one attached hydrogen (secondary N) is 1. The highest BCUT2D eigenvalue weighted by Gasteiger charge is 2.25. The van der Waals surface area contributed by atoms with Crippen molar-refractivity contribution in [2.75, 3.05) is 18.8 Å². The minimum atomic E-state index is -0.623. The van der Waals surface area contributed by atoms with Crippen molar-refractivity contribution in [3.8, 4) is 0 Å². The molecule has 1 fully saturated rings. The average Bonchev–Trinajstić information content (AvgIpc) is 2.85. The Bertz CT molecular complexity index is 467. The van der Waals surface area contributed by atoms with E-state index in [2.05, 4.69) is 20.3 Å². The lowest BCUT2D eigenvalue weighted by Gasteiger charge is -2.29. The molecule has 1 aliphatic heterocycles. The van der Waals surface area contributed by atoms with Gasteiger partial charge in [-0.3, -0.25) is 9.59 Å². The zero-order chi connectivity index (χ0) is 13.8. The lowest BCUT2D eigenvalue weighted by Crippen LogP contribution is -2.48. The molecule has 8 nitrogen and oxygen atoms in total. The lowest BCUT2D eigenvalue weighted by molar-refractivity contribution is -0.133. The van der Waals surface area contributed by atoms with Gasteiger partial charge in [0.1, 0.15) is 6.04 Å². The Hall–Kier alpha value is -2.12. The molecule has 0 radical (unpaired) electrons. The number of nitrogens with two attached hydrogens (primary N) is 1. The van der Waals surface area contributed by atoms with Crippen LogP contribution in [0.2, 0.25) is 0 Å². The molecule has 1 saturated heterocycles. The highest BCUT2D eigenvalue weighted by atomic mass is 16.6. The number of piperidine rings is 1. The van der Waals surface area contributed by atoms with Crippen LogP contribution in [-0.4, -0.2) is 46.2 Å². The second-order valence-corrected chi connectivity index (χ2v) is 4.58. The maximum atomic E-state index is 12.1. The number of nitrogens with zero attached hydrogens (tertiary/aromatic N) is 3. The third-order valence-corrected chi connectivity index (χ3v) is 3.11. The van der Waals surface area contributed by atoms with Gasteiger partial charge in [0.2, 0.25) is 17.4 Å². The van der Waals surface area contributed by atoms with Gasteiger partial charge >= 0.3 is 0 Å². The average molecular weight is 267 g/mol. The minimum Gasteiger partial charge on any atom is -0.379 e. The number of nitrogen functional groups attached to an aromatic ring is 1. The molecule has 1 unspecified atom stereocenters. The van der Waals surface area contributed by atoms with Crippen LogP contribution in [0.3, 0.4) is 0 Å². The van der Waals surface area contributed by atoms with E-state index in [-0.39, 0.29) is 17.4 Å². The SMILES string of the molecule is CC(NC(=O)c1nonc1N)C(=O)N1CCCCC1. The Labute approximate surface area is 110 Å². The molecule has 1 aliphatic rings. The number of rotatable bonds is 3. The van der Waals surface area contributed by atoms with E-state index >= 15 is 0 Å². The quantitative estimate of drug-likeness (QED) is 0.782. The number of anilines is 1. The fourth-order valence-corrected chi connectivity index (χ4v) is 2.07. The predicted octanol–water partition coefficient (Wildman–Crippen LogP) is -0.217. The van der Waals surface area contributed by atoms with Crippen molar-refractivity contribution in [3.63, 3.8) is 0 Å². The Morgan fingerprint density at radius 3 is 2.58 bits per heavy atom. The molecule has 2 heterocycles. The molecule has 0 aromatic carbocycles. The molecule has 19 heavy (non-hydrogen) atoms. The molecular formula is C11H17N5O3. The van der Waals surface area contributed by atoms with E-state index in [4.69, 9.17) is 5.73 Å². The molecule has 0 bridgehead atoms. The van der Waals surface area contributed by atoms with E-state index in [1.54, 1.807) is 11.8 Å². The fourth-order valence-electron chi connectivity index (χ4n) is 2.07. The van der Waals surface area contributed by atoms with Crippen molar-refractivity contribution in [1.29, 1.82) is 0 Å². The largest absolute Gasteiger partial charge is 0.379 e. The number of carbonyl (C=O) groups is 2. The third-order valence-electron chi connectivity index (χ3n) is 3.11. The molecule has 1 aromatic rings. The zero-order valence-corrected chi connectivity index (χ0v) is 10.8. The molecule has 0 saturated carbocycles. The number of likely N-dealkylation sites (tertiary alicyclic amines) is 1. The molecule has 1 atom stereocenters. The molecule has 1 aromatic heterocycles. The van der Waals surface area contributed by atoms with Gasteiger partial charge < -0.3 is 16.0 Å². The second-order valence-electron chi connectivity index (χ2n) is 4.58. The Morgan fingerprint density at radius 1 is 1.32 bits per heavy atom. The molecule has 0 spiro atoms. The Morgan fingerprint density at radius 2 is 2.00 bits per heavy atom. The normalized spacial score (nSPS) is 17.0. The van der Waals surface area contributed by atoms with Crippen LogP contribution in [0.1, 0.15) is 36.7 Å². The summed E-state index contributed by atoms with van der Waals surface area (Å²) in [4.78, 5) is 25.7. The lowest BCUT2D eigenvalue weighted by atomic mass is 10.1. The summed E-state index contributed by atoms with van der Waals surface area (Å²) in [6.45, 7) is 3.12. The van der Waals surface area contributed by atoms with E-state index < -0.39 is 11.9 Å². The summed E-state index contributed by atoms with van der Waals surface area (Å²) in [5.41, 5.74) is 5.31. The molecule has 2 amide bonds. The van der Waals surface area contributed by atoms with E-state index in [1.807, 2.05) is 0 Å². The first-order valence-electron chi connectivity index (χ1n) is 6.27. The molecular weight excluding hydrogens is 250 g/mol. The standard InChI is InChI=1S/C11H17N5O3/c1-7(11(18)16-5-3-2-4-6-16)13-10(17)8-9(12)15-19-14-8/h7H,2-6H2,1H3,(H2,12,15)(H,13,17). The maximum Gasteiger partial charge on any atom is 0.278 e.